The molecule has 30 heteroatoms. The minimum Gasteiger partial charge on any atom is -0.383 e. The van der Waals surface area contributed by atoms with Gasteiger partial charge < -0.3 is 22.9 Å². The van der Waals surface area contributed by atoms with Crippen molar-refractivity contribution in [3.8, 4) is 33.8 Å². The van der Waals surface area contributed by atoms with Crippen molar-refractivity contribution >= 4 is 142 Å². The number of nitrogens with one attached hydrogen (secondary N) is 4. The summed E-state index contributed by atoms with van der Waals surface area (Å²) in [6.07, 6.45) is 19.4. The fourth-order valence-electron chi connectivity index (χ4n) is 11.6. The number of sulfone groups is 1. The van der Waals surface area contributed by atoms with E-state index in [0.717, 1.165) is 152 Å². The zero-order valence-corrected chi connectivity index (χ0v) is 55.6. The normalized spacial score (nSPS) is 12.7. The molecule has 1 aliphatic heterocycles. The number of H-pyrrole nitrogens is 3. The zero-order valence-electron chi connectivity index (χ0n) is 53.9. The maximum Gasteiger partial charge on any atom is 0.208 e. The van der Waals surface area contributed by atoms with Gasteiger partial charge in [0.15, 0.2) is 0 Å². The van der Waals surface area contributed by atoms with Crippen molar-refractivity contribution in [3.63, 3.8) is 0 Å². The molecule has 0 bridgehead atoms. The molecular formula is C67H70N24O4S2. The number of aryl methyl sites for hydroxylation is 2. The van der Waals surface area contributed by atoms with Crippen LogP contribution in [-0.4, -0.2) is 144 Å². The van der Waals surface area contributed by atoms with Crippen LogP contribution in [0.4, 0.5) is 23.3 Å². The average molecular weight is 1340 g/mol. The molecule has 1 aliphatic rings. The highest BCUT2D eigenvalue weighted by Crippen LogP contribution is 2.35. The fourth-order valence-corrected chi connectivity index (χ4v) is 12.7. The Morgan fingerprint density at radius 3 is 1.25 bits per heavy atom. The molecule has 11 aromatic heterocycles. The highest BCUT2D eigenvalue weighted by molar-refractivity contribution is 7.90. The van der Waals surface area contributed by atoms with E-state index in [9.17, 15) is 16.8 Å². The number of nitrogens with zero attached hydrogens (tertiary/aromatic N) is 16. The summed E-state index contributed by atoms with van der Waals surface area (Å²) in [4.78, 5) is 22.3. The van der Waals surface area contributed by atoms with E-state index in [2.05, 4.69) is 115 Å². The number of nitrogen functional groups attached to an aromatic ring is 4. The molecule has 494 valence electrons. The fraction of sp³-hybridized carbons (Fsp3) is 0.224. The van der Waals surface area contributed by atoms with Gasteiger partial charge in [-0.3, -0.25) is 39.0 Å². The number of aromatic amines is 3. The Balaban J connectivity index is 0.000000117. The molecule has 0 aliphatic carbocycles. The molecule has 0 atom stereocenters. The molecule has 0 fully saturated rings. The Hall–Kier alpha value is -11.5. The molecule has 4 aromatic carbocycles. The maximum absolute atomic E-state index is 11.3. The van der Waals surface area contributed by atoms with E-state index in [1.54, 1.807) is 34.2 Å². The first-order valence-corrected chi connectivity index (χ1v) is 35.0. The van der Waals surface area contributed by atoms with Crippen molar-refractivity contribution in [2.24, 2.45) is 10.4 Å². The second-order valence-electron chi connectivity index (χ2n) is 24.9. The van der Waals surface area contributed by atoms with E-state index in [0.29, 0.717) is 42.8 Å². The monoisotopic (exact) mass is 1340 g/mol. The van der Waals surface area contributed by atoms with E-state index in [-0.39, 0.29) is 17.7 Å². The number of rotatable bonds is 14. The molecule has 15 aromatic rings. The summed E-state index contributed by atoms with van der Waals surface area (Å²) in [5.74, 6) is 1.97. The van der Waals surface area contributed by atoms with Gasteiger partial charge in [-0.25, -0.2) is 41.5 Å². The molecule has 0 saturated heterocycles. The van der Waals surface area contributed by atoms with Crippen molar-refractivity contribution in [2.45, 2.75) is 60.3 Å². The van der Waals surface area contributed by atoms with E-state index in [1.165, 1.54) is 11.8 Å². The molecule has 28 nitrogen and oxygen atoms in total. The molecule has 16 rings (SSSR count). The smallest absolute Gasteiger partial charge is 0.208 e. The lowest BCUT2D eigenvalue weighted by molar-refractivity contribution is 0.327. The Kier molecular flexibility index (Phi) is 17.2. The second kappa shape index (κ2) is 26.0. The van der Waals surface area contributed by atoms with Crippen molar-refractivity contribution < 1.29 is 16.8 Å². The molecule has 0 saturated carbocycles. The molecule has 12 heterocycles. The summed E-state index contributed by atoms with van der Waals surface area (Å²) in [5, 5.41) is 46.4. The van der Waals surface area contributed by atoms with Crippen LogP contribution in [0.3, 0.4) is 0 Å². The Labute approximate surface area is 555 Å². The van der Waals surface area contributed by atoms with E-state index in [1.807, 2.05) is 120 Å². The SMILES string of the molecule is CC(C)(C)Cn1cc2c(N)nc3cc(C4=CC=NC4)ccc3c2n1.CCn1cc2c(N)nc3cc(-c4ccn[nH]4)ccc3c2n1.CS(=O)(=O)CCCn1cc2c(N)nc3cc(-c4ccn[nH]4)ccc3c2n1.CS(=O)(=O)NCCn1cc2c(N)nc3cc(-c4ccn[nH]4)ccc3c2n1. The van der Waals surface area contributed by atoms with Gasteiger partial charge in [-0.2, -0.15) is 35.7 Å². The number of aromatic nitrogens is 18. The number of hydrogen-bond acceptors (Lipinski definition) is 20. The number of fused-ring (bicyclic) bond motifs is 12. The van der Waals surface area contributed by atoms with Crippen LogP contribution < -0.4 is 27.7 Å². The van der Waals surface area contributed by atoms with Crippen LogP contribution >= 0.6 is 0 Å². The van der Waals surface area contributed by atoms with E-state index >= 15 is 0 Å². The first kappa shape index (κ1) is 64.2. The van der Waals surface area contributed by atoms with Crippen LogP contribution in [0, 0.1) is 5.41 Å². The number of nitrogens with two attached hydrogens (primary N) is 4. The van der Waals surface area contributed by atoms with Gasteiger partial charge in [-0.15, -0.1) is 0 Å². The van der Waals surface area contributed by atoms with Crippen LogP contribution in [0.15, 0.2) is 145 Å². The quantitative estimate of drug-likeness (QED) is 0.0502. The first-order chi connectivity index (χ1) is 46.5. The number of aliphatic imine (C=N–C) groups is 1. The van der Waals surface area contributed by atoms with Crippen molar-refractivity contribution in [2.75, 3.05) is 54.3 Å². The van der Waals surface area contributed by atoms with Gasteiger partial charge in [0.25, 0.3) is 0 Å². The predicted molar refractivity (Wildman–Crippen MR) is 384 cm³/mol. The molecule has 0 spiro atoms. The molecule has 0 unspecified atom stereocenters. The Morgan fingerprint density at radius 1 is 0.495 bits per heavy atom. The number of anilines is 4. The summed E-state index contributed by atoms with van der Waals surface area (Å²) >= 11 is 0. The molecule has 97 heavy (non-hydrogen) atoms. The molecular weight excluding hydrogens is 1270 g/mol. The van der Waals surface area contributed by atoms with Crippen LogP contribution in [-0.2, 0) is 46.0 Å². The minimum atomic E-state index is -3.23. The number of allylic oxidation sites excluding steroid dienone is 1. The molecule has 0 amide bonds. The van der Waals surface area contributed by atoms with Gasteiger partial charge in [-0.1, -0.05) is 45.0 Å². The topological polar surface area (TPSA) is 406 Å². The lowest BCUT2D eigenvalue weighted by Gasteiger charge is -2.17. The summed E-state index contributed by atoms with van der Waals surface area (Å²) in [6.45, 7) is 12.2. The minimum absolute atomic E-state index is 0.130. The zero-order chi connectivity index (χ0) is 67.9. The van der Waals surface area contributed by atoms with Gasteiger partial charge in [0.05, 0.1) is 85.8 Å². The molecule has 0 radical (unpaired) electrons. The lowest BCUT2D eigenvalue weighted by Crippen LogP contribution is -2.26. The summed E-state index contributed by atoms with van der Waals surface area (Å²) in [6, 6.07) is 29.8. The maximum atomic E-state index is 11.3. The van der Waals surface area contributed by atoms with Crippen LogP contribution in [0.5, 0.6) is 0 Å². The molecule has 12 N–H and O–H groups in total. The van der Waals surface area contributed by atoms with Gasteiger partial charge >= 0.3 is 0 Å². The largest absolute Gasteiger partial charge is 0.383 e. The summed E-state index contributed by atoms with van der Waals surface area (Å²) in [7, 11) is -6.21. The number of sulfonamides is 1. The number of benzene rings is 4. The van der Waals surface area contributed by atoms with Crippen molar-refractivity contribution in [1.29, 1.82) is 0 Å². The van der Waals surface area contributed by atoms with E-state index < -0.39 is 19.9 Å². The third-order valence-electron chi connectivity index (χ3n) is 16.1. The van der Waals surface area contributed by atoms with Gasteiger partial charge in [0, 0.05) is 120 Å². The lowest BCUT2D eigenvalue weighted by atomic mass is 9.97. The second-order valence-corrected chi connectivity index (χ2v) is 29.0. The Morgan fingerprint density at radius 2 is 0.876 bits per heavy atom. The number of pyridine rings is 4. The van der Waals surface area contributed by atoms with Crippen molar-refractivity contribution in [1.82, 2.24) is 94.4 Å². The third-order valence-corrected chi connectivity index (χ3v) is 17.9. The Bertz CT molecular complexity index is 5560. The van der Waals surface area contributed by atoms with Crippen LogP contribution in [0.2, 0.25) is 0 Å². The van der Waals surface area contributed by atoms with Gasteiger partial charge in [0.2, 0.25) is 10.0 Å². The number of hydrogen-bond donors (Lipinski definition) is 8. The standard InChI is InChI=1S/C19H21N5.C17H18N6O2S.C16H17N7O2S.C15H14N6/c1-19(2,3)11-24-10-15-17(23-24)14-5-4-12(13-6-7-21-9-13)8-16(14)22-18(15)20;1-26(24,25)8-2-7-23-10-13-16(22-23)12-4-3-11(14-5-6-19-21-14)9-15(12)20-17(13)18;1-26(24,25)19-6-7-23-9-12-15(22-23)11-3-2-10(13-4-5-18-21-13)8-14(11)20-16(12)17;1-2-21-8-11-14(20-21)10-4-3-9(12-5-6-17-19-12)7-13(10)18-15(11)16/h4-8,10H,9,11H2,1-3H3,(H2,20,22);3-6,9-10H,2,7-8H2,1H3,(H2,18,20)(H,19,21);2-5,8-9,19H,6-7H2,1H3,(H2,17,20)(H,18,21);3-8H,2H2,1H3,(H2,16,18)(H,17,19). The predicted octanol–water partition coefficient (Wildman–Crippen LogP) is 9.35. The summed E-state index contributed by atoms with van der Waals surface area (Å²) in [5.41, 5.74) is 39.2. The van der Waals surface area contributed by atoms with Crippen molar-refractivity contribution in [3.05, 3.63) is 146 Å². The van der Waals surface area contributed by atoms with Crippen LogP contribution in [0.25, 0.3) is 127 Å². The van der Waals surface area contributed by atoms with E-state index in [4.69, 9.17) is 28.0 Å². The van der Waals surface area contributed by atoms with Crippen LogP contribution in [0.1, 0.15) is 39.7 Å². The highest BCUT2D eigenvalue weighted by atomic mass is 32.2. The van der Waals surface area contributed by atoms with Gasteiger partial charge in [-0.05, 0) is 103 Å². The average Bonchev–Trinajstić information content (AvgIpc) is 1.71. The first-order valence-electron chi connectivity index (χ1n) is 31.0. The van der Waals surface area contributed by atoms with Gasteiger partial charge in [0.1, 0.15) is 55.2 Å². The highest BCUT2D eigenvalue weighted by Gasteiger charge is 2.19. The third kappa shape index (κ3) is 14.2. The summed E-state index contributed by atoms with van der Waals surface area (Å²) < 4.78 is 54.6.